The van der Waals surface area contributed by atoms with Crippen LogP contribution in [0, 0.1) is 11.6 Å². The molecule has 1 rings (SSSR count). The fourth-order valence-electron chi connectivity index (χ4n) is 0.821. The number of benzene rings is 1. The zero-order valence-electron chi connectivity index (χ0n) is 6.76. The number of hydrogen-bond donors (Lipinski definition) is 2. The summed E-state index contributed by atoms with van der Waals surface area (Å²) in [5.41, 5.74) is 5.11. The molecule has 1 aromatic rings. The first-order valence-corrected chi connectivity index (χ1v) is 3.66. The molecule has 0 fully saturated rings. The lowest BCUT2D eigenvalue weighted by molar-refractivity contribution is 0.299. The van der Waals surface area contributed by atoms with Crippen LogP contribution in [0.2, 0.25) is 0 Å². The Morgan fingerprint density at radius 2 is 2.08 bits per heavy atom. The smallest absolute Gasteiger partial charge is 0.194 e. The van der Waals surface area contributed by atoms with Crippen molar-refractivity contribution in [3.05, 3.63) is 23.8 Å². The van der Waals surface area contributed by atoms with Crippen molar-refractivity contribution >= 4 is 0 Å². The van der Waals surface area contributed by atoms with E-state index in [1.807, 2.05) is 0 Å². The number of halogens is 2. The number of phenols is 1. The van der Waals surface area contributed by atoms with Crippen molar-refractivity contribution in [3.8, 4) is 11.5 Å². The number of hydrogen-bond acceptors (Lipinski definition) is 3. The highest BCUT2D eigenvalue weighted by molar-refractivity contribution is 5.40. The third-order valence-electron chi connectivity index (χ3n) is 1.37. The van der Waals surface area contributed by atoms with Crippen molar-refractivity contribution in [2.45, 2.75) is 0 Å². The van der Waals surface area contributed by atoms with Gasteiger partial charge in [0.05, 0.1) is 0 Å². The Hall–Kier alpha value is -1.36. The summed E-state index contributed by atoms with van der Waals surface area (Å²) in [6.07, 6.45) is 0. The summed E-state index contributed by atoms with van der Waals surface area (Å²) in [5.74, 6) is -2.79. The quantitative estimate of drug-likeness (QED) is 0.746. The van der Waals surface area contributed by atoms with Crippen LogP contribution in [0.1, 0.15) is 0 Å². The van der Waals surface area contributed by atoms with Crippen molar-refractivity contribution in [1.82, 2.24) is 0 Å². The maximum atomic E-state index is 12.7. The Morgan fingerprint density at radius 3 is 2.69 bits per heavy atom. The average Bonchev–Trinajstić information content (AvgIpc) is 2.09. The molecule has 5 heteroatoms. The van der Waals surface area contributed by atoms with E-state index in [1.165, 1.54) is 0 Å². The van der Waals surface area contributed by atoms with E-state index in [0.717, 1.165) is 6.07 Å². The molecule has 0 radical (unpaired) electrons. The van der Waals surface area contributed by atoms with E-state index in [4.69, 9.17) is 15.6 Å². The Labute approximate surface area is 73.7 Å². The molecule has 3 N–H and O–H groups in total. The van der Waals surface area contributed by atoms with Gasteiger partial charge in [0.25, 0.3) is 0 Å². The van der Waals surface area contributed by atoms with Gasteiger partial charge in [0, 0.05) is 18.7 Å². The molecule has 0 heterocycles. The summed E-state index contributed by atoms with van der Waals surface area (Å²) in [5, 5.41) is 9.04. The summed E-state index contributed by atoms with van der Waals surface area (Å²) >= 11 is 0. The molecule has 0 bridgehead atoms. The SMILES string of the molecule is NCCOc1cc(F)cc(F)c1O. The molecular formula is C8H9F2NO2. The van der Waals surface area contributed by atoms with Gasteiger partial charge in [0.2, 0.25) is 0 Å². The Morgan fingerprint density at radius 1 is 1.38 bits per heavy atom. The van der Waals surface area contributed by atoms with Gasteiger partial charge in [-0.2, -0.15) is 0 Å². The molecule has 0 aliphatic rings. The van der Waals surface area contributed by atoms with Crippen LogP contribution in [0.25, 0.3) is 0 Å². The average molecular weight is 189 g/mol. The van der Waals surface area contributed by atoms with Crippen molar-refractivity contribution in [2.24, 2.45) is 5.73 Å². The molecule has 0 unspecified atom stereocenters. The van der Waals surface area contributed by atoms with Gasteiger partial charge in [-0.3, -0.25) is 0 Å². The molecule has 0 aliphatic carbocycles. The molecular weight excluding hydrogens is 180 g/mol. The highest BCUT2D eigenvalue weighted by Crippen LogP contribution is 2.29. The van der Waals surface area contributed by atoms with Gasteiger partial charge in [-0.25, -0.2) is 8.78 Å². The first-order chi connectivity index (χ1) is 6.15. The molecule has 0 aliphatic heterocycles. The van der Waals surface area contributed by atoms with Crippen LogP contribution in [0.4, 0.5) is 8.78 Å². The molecule has 0 spiro atoms. The van der Waals surface area contributed by atoms with Gasteiger partial charge >= 0.3 is 0 Å². The van der Waals surface area contributed by atoms with E-state index in [2.05, 4.69) is 0 Å². The zero-order valence-corrected chi connectivity index (χ0v) is 6.76. The van der Waals surface area contributed by atoms with Gasteiger partial charge in [-0.1, -0.05) is 0 Å². The van der Waals surface area contributed by atoms with Crippen molar-refractivity contribution in [2.75, 3.05) is 13.2 Å². The Bertz CT molecular complexity index is 304. The van der Waals surface area contributed by atoms with Crippen molar-refractivity contribution in [1.29, 1.82) is 0 Å². The van der Waals surface area contributed by atoms with E-state index in [1.54, 1.807) is 0 Å². The first-order valence-electron chi connectivity index (χ1n) is 3.66. The third-order valence-corrected chi connectivity index (χ3v) is 1.37. The summed E-state index contributed by atoms with van der Waals surface area (Å²) in [7, 11) is 0. The molecule has 13 heavy (non-hydrogen) atoms. The molecule has 3 nitrogen and oxygen atoms in total. The minimum atomic E-state index is -1.05. The fraction of sp³-hybridized carbons (Fsp3) is 0.250. The van der Waals surface area contributed by atoms with Gasteiger partial charge in [-0.05, 0) is 0 Å². The maximum absolute atomic E-state index is 12.7. The van der Waals surface area contributed by atoms with Crippen LogP contribution < -0.4 is 10.5 Å². The predicted octanol–water partition coefficient (Wildman–Crippen LogP) is 1.01. The van der Waals surface area contributed by atoms with Crippen LogP contribution >= 0.6 is 0 Å². The largest absolute Gasteiger partial charge is 0.502 e. The van der Waals surface area contributed by atoms with E-state index >= 15 is 0 Å². The lowest BCUT2D eigenvalue weighted by Crippen LogP contribution is -2.10. The highest BCUT2D eigenvalue weighted by atomic mass is 19.1. The van der Waals surface area contributed by atoms with Gasteiger partial charge in [-0.15, -0.1) is 0 Å². The fourth-order valence-corrected chi connectivity index (χ4v) is 0.821. The maximum Gasteiger partial charge on any atom is 0.194 e. The predicted molar refractivity (Wildman–Crippen MR) is 42.6 cm³/mol. The van der Waals surface area contributed by atoms with Gasteiger partial charge in [0.1, 0.15) is 12.4 Å². The van der Waals surface area contributed by atoms with Crippen LogP contribution in [0.15, 0.2) is 12.1 Å². The highest BCUT2D eigenvalue weighted by Gasteiger charge is 2.10. The summed E-state index contributed by atoms with van der Waals surface area (Å²) in [6.45, 7) is 0.300. The normalized spacial score (nSPS) is 10.1. The first kappa shape index (κ1) is 9.73. The number of rotatable bonds is 3. The number of aromatic hydroxyl groups is 1. The van der Waals surface area contributed by atoms with E-state index in [-0.39, 0.29) is 18.9 Å². The van der Waals surface area contributed by atoms with E-state index < -0.39 is 17.4 Å². The summed E-state index contributed by atoms with van der Waals surface area (Å²) in [4.78, 5) is 0. The standard InChI is InChI=1S/C8H9F2NO2/c9-5-3-6(10)8(12)7(4-5)13-2-1-11/h3-4,12H,1-2,11H2. The second kappa shape index (κ2) is 4.04. The number of phenolic OH excluding ortho intramolecular Hbond substituents is 1. The van der Waals surface area contributed by atoms with Crippen LogP contribution in [-0.2, 0) is 0 Å². The lowest BCUT2D eigenvalue weighted by Gasteiger charge is -2.06. The van der Waals surface area contributed by atoms with Crippen LogP contribution in [0.5, 0.6) is 11.5 Å². The molecule has 72 valence electrons. The topological polar surface area (TPSA) is 55.5 Å². The van der Waals surface area contributed by atoms with E-state index in [9.17, 15) is 8.78 Å². The van der Waals surface area contributed by atoms with Crippen molar-refractivity contribution < 1.29 is 18.6 Å². The molecule has 0 amide bonds. The van der Waals surface area contributed by atoms with Crippen LogP contribution in [-0.4, -0.2) is 18.3 Å². The summed E-state index contributed by atoms with van der Waals surface area (Å²) < 4.78 is 30.0. The molecule has 0 saturated carbocycles. The molecule has 1 aromatic carbocycles. The zero-order chi connectivity index (χ0) is 9.84. The second-order valence-corrected chi connectivity index (χ2v) is 2.37. The molecule has 0 saturated heterocycles. The third kappa shape index (κ3) is 2.29. The number of nitrogens with two attached hydrogens (primary N) is 1. The van der Waals surface area contributed by atoms with Gasteiger partial charge < -0.3 is 15.6 Å². The lowest BCUT2D eigenvalue weighted by atomic mass is 10.3. The number of ether oxygens (including phenoxy) is 1. The molecule has 0 atom stereocenters. The van der Waals surface area contributed by atoms with Gasteiger partial charge in [0.15, 0.2) is 17.3 Å². The second-order valence-electron chi connectivity index (χ2n) is 2.37. The Balaban J connectivity index is 2.92. The summed E-state index contributed by atoms with van der Waals surface area (Å²) in [6, 6.07) is 1.47. The van der Waals surface area contributed by atoms with Crippen molar-refractivity contribution in [3.63, 3.8) is 0 Å². The minimum absolute atomic E-state index is 0.0937. The molecule has 0 aromatic heterocycles. The monoisotopic (exact) mass is 189 g/mol. The van der Waals surface area contributed by atoms with Crippen LogP contribution in [0.3, 0.4) is 0 Å². The minimum Gasteiger partial charge on any atom is -0.502 e. The van der Waals surface area contributed by atoms with E-state index in [0.29, 0.717) is 6.07 Å². The Kier molecular flexibility index (Phi) is 3.02.